The van der Waals surface area contributed by atoms with E-state index in [1.807, 2.05) is 14.0 Å². The van der Waals surface area contributed by atoms with Crippen LogP contribution in [0, 0.1) is 19.8 Å². The van der Waals surface area contributed by atoms with Crippen LogP contribution < -0.4 is 10.1 Å². The number of likely N-dealkylation sites (N-methyl/N-ethyl adjacent to an activating group) is 1. The summed E-state index contributed by atoms with van der Waals surface area (Å²) in [5.41, 5.74) is 6.08. The summed E-state index contributed by atoms with van der Waals surface area (Å²) in [6.07, 6.45) is -5.05. The largest absolute Gasteiger partial charge is 0.486 e. The highest BCUT2D eigenvalue weighted by atomic mass is 19.4. The summed E-state index contributed by atoms with van der Waals surface area (Å²) in [5, 5.41) is 12.8. The molecular formula is C40H44F3N3O4. The van der Waals surface area contributed by atoms with Crippen LogP contribution in [-0.2, 0) is 23.9 Å². The van der Waals surface area contributed by atoms with E-state index in [2.05, 4.69) is 66.5 Å². The summed E-state index contributed by atoms with van der Waals surface area (Å²) in [6, 6.07) is 23.8. The van der Waals surface area contributed by atoms with Crippen LogP contribution in [0.5, 0.6) is 5.75 Å². The van der Waals surface area contributed by atoms with Crippen molar-refractivity contribution in [2.24, 2.45) is 5.92 Å². The Hall–Kier alpha value is -4.67. The van der Waals surface area contributed by atoms with Gasteiger partial charge < -0.3 is 20.1 Å². The Kier molecular flexibility index (Phi) is 11.3. The first kappa shape index (κ1) is 36.6. The van der Waals surface area contributed by atoms with Gasteiger partial charge in [0.2, 0.25) is 5.91 Å². The molecule has 4 aromatic carbocycles. The molecule has 0 saturated carbocycles. The number of fused-ring (bicyclic) bond motifs is 1. The number of anilines is 1. The zero-order valence-electron chi connectivity index (χ0n) is 29.1. The van der Waals surface area contributed by atoms with Crippen molar-refractivity contribution < 1.29 is 32.6 Å². The number of aliphatic hydroxyl groups excluding tert-OH is 1. The molecule has 0 fully saturated rings. The molecule has 0 saturated heterocycles. The number of para-hydroxylation sites is 1. The van der Waals surface area contributed by atoms with Crippen molar-refractivity contribution in [3.8, 4) is 16.9 Å². The second kappa shape index (κ2) is 15.5. The molecule has 7 nitrogen and oxygen atoms in total. The Bertz CT molecular complexity index is 1810. The number of carbonyl (C=O) groups is 2. The number of halogens is 3. The third kappa shape index (κ3) is 8.73. The van der Waals surface area contributed by atoms with E-state index in [9.17, 15) is 27.9 Å². The molecule has 1 heterocycles. The van der Waals surface area contributed by atoms with Crippen LogP contribution in [0.1, 0.15) is 52.0 Å². The number of alkyl halides is 3. The molecule has 2 amide bonds. The van der Waals surface area contributed by atoms with E-state index >= 15 is 0 Å². The molecule has 0 aliphatic carbocycles. The van der Waals surface area contributed by atoms with E-state index in [1.54, 1.807) is 30.0 Å². The molecule has 1 aliphatic rings. The molecular weight excluding hydrogens is 643 g/mol. The topological polar surface area (TPSA) is 82.1 Å². The zero-order chi connectivity index (χ0) is 36.2. The van der Waals surface area contributed by atoms with Crippen LogP contribution in [0.25, 0.3) is 11.1 Å². The van der Waals surface area contributed by atoms with E-state index in [-0.39, 0.29) is 41.9 Å². The maximum Gasteiger partial charge on any atom is 0.416 e. The van der Waals surface area contributed by atoms with Crippen molar-refractivity contribution in [1.29, 1.82) is 0 Å². The Morgan fingerprint density at radius 3 is 2.32 bits per heavy atom. The first-order valence-electron chi connectivity index (χ1n) is 16.8. The van der Waals surface area contributed by atoms with E-state index in [4.69, 9.17) is 4.74 Å². The molecule has 50 heavy (non-hydrogen) atoms. The third-order valence-corrected chi connectivity index (χ3v) is 9.20. The summed E-state index contributed by atoms with van der Waals surface area (Å²) in [7, 11) is 2.00. The second-order valence-corrected chi connectivity index (χ2v) is 13.4. The number of aliphatic hydroxyl groups is 1. The Morgan fingerprint density at radius 2 is 1.68 bits per heavy atom. The van der Waals surface area contributed by atoms with Gasteiger partial charge in [-0.15, -0.1) is 0 Å². The van der Waals surface area contributed by atoms with E-state index in [1.165, 1.54) is 28.8 Å². The fourth-order valence-corrected chi connectivity index (χ4v) is 6.36. The average Bonchev–Trinajstić information content (AvgIpc) is 3.06. The van der Waals surface area contributed by atoms with E-state index < -0.39 is 29.8 Å². The summed E-state index contributed by atoms with van der Waals surface area (Å²) >= 11 is 0. The fourth-order valence-electron chi connectivity index (χ4n) is 6.36. The highest BCUT2D eigenvalue weighted by molar-refractivity contribution is 6.02. The standard InChI is InChI=1S/C40H44F3N3O4/c1-25-9-18-33(26(2)19-25)31-14-10-30(11-15-31)22-45(5)23-36-27(3)21-46(28(4)24-47)39(49)34-7-6-8-35(38(34)50-36)44-37(48)20-29-12-16-32(17-13-29)40(41,42)43/h6-19,27-28,36,47H,20-24H2,1-5H3,(H,44,48)/t27-,28+,36-/m1/s1. The number of nitrogens with zero attached hydrogens (tertiary/aromatic N) is 2. The molecule has 0 unspecified atom stereocenters. The number of amides is 2. The molecule has 4 aromatic rings. The molecule has 0 aromatic heterocycles. The number of carbonyl (C=O) groups excluding carboxylic acids is 2. The zero-order valence-corrected chi connectivity index (χ0v) is 29.1. The van der Waals surface area contributed by atoms with Crippen molar-refractivity contribution in [3.63, 3.8) is 0 Å². The minimum atomic E-state index is -4.47. The first-order chi connectivity index (χ1) is 23.7. The predicted molar refractivity (Wildman–Crippen MR) is 189 cm³/mol. The quantitative estimate of drug-likeness (QED) is 0.180. The first-order valence-corrected chi connectivity index (χ1v) is 16.8. The Labute approximate surface area is 291 Å². The summed E-state index contributed by atoms with van der Waals surface area (Å²) in [5.74, 6) is -0.728. The number of ether oxygens (including phenoxy) is 1. The molecule has 0 bridgehead atoms. The van der Waals surface area contributed by atoms with Gasteiger partial charge in [0, 0.05) is 25.6 Å². The number of rotatable bonds is 10. The molecule has 0 radical (unpaired) electrons. The van der Waals surface area contributed by atoms with Crippen molar-refractivity contribution in [2.45, 2.75) is 59.0 Å². The Morgan fingerprint density at radius 1 is 1.00 bits per heavy atom. The molecule has 10 heteroatoms. The van der Waals surface area contributed by atoms with Crippen molar-refractivity contribution in [2.75, 3.05) is 32.1 Å². The Balaban J connectivity index is 1.36. The normalized spacial score (nSPS) is 17.1. The second-order valence-electron chi connectivity index (χ2n) is 13.4. The molecule has 2 N–H and O–H groups in total. The molecule has 3 atom stereocenters. The van der Waals surface area contributed by atoms with Gasteiger partial charge in [0.05, 0.1) is 35.9 Å². The van der Waals surface area contributed by atoms with Gasteiger partial charge >= 0.3 is 6.18 Å². The maximum absolute atomic E-state index is 13.8. The van der Waals surface area contributed by atoms with Crippen LogP contribution in [-0.4, -0.2) is 65.6 Å². The van der Waals surface area contributed by atoms with Gasteiger partial charge in [-0.1, -0.05) is 73.2 Å². The minimum Gasteiger partial charge on any atom is -0.486 e. The lowest BCUT2D eigenvalue weighted by Gasteiger charge is -2.38. The monoisotopic (exact) mass is 687 g/mol. The minimum absolute atomic E-state index is 0.147. The van der Waals surface area contributed by atoms with E-state index in [0.29, 0.717) is 25.2 Å². The lowest BCUT2D eigenvalue weighted by Crippen LogP contribution is -2.49. The van der Waals surface area contributed by atoms with Crippen LogP contribution in [0.2, 0.25) is 0 Å². The maximum atomic E-state index is 13.8. The highest BCUT2D eigenvalue weighted by Crippen LogP contribution is 2.35. The molecule has 1 aliphatic heterocycles. The number of hydrogen-bond donors (Lipinski definition) is 2. The van der Waals surface area contributed by atoms with Crippen molar-refractivity contribution in [3.05, 3.63) is 118 Å². The van der Waals surface area contributed by atoms with Crippen LogP contribution >= 0.6 is 0 Å². The summed E-state index contributed by atoms with van der Waals surface area (Å²) in [4.78, 5) is 30.8. The van der Waals surface area contributed by atoms with Crippen molar-refractivity contribution >= 4 is 17.5 Å². The van der Waals surface area contributed by atoms with E-state index in [0.717, 1.165) is 23.3 Å². The fraction of sp³-hybridized carbons (Fsp3) is 0.350. The average molecular weight is 688 g/mol. The highest BCUT2D eigenvalue weighted by Gasteiger charge is 2.35. The van der Waals surface area contributed by atoms with Crippen molar-refractivity contribution in [1.82, 2.24) is 9.80 Å². The SMILES string of the molecule is Cc1ccc(-c2ccc(CN(C)C[C@H]3Oc4c(NC(=O)Cc5ccc(C(F)(F)F)cc5)cccc4C(=O)N([C@@H](C)CO)C[C@H]3C)cc2)c(C)c1. The van der Waals surface area contributed by atoms with Gasteiger partial charge in [0.25, 0.3) is 5.91 Å². The van der Waals surface area contributed by atoms with Gasteiger partial charge in [0.15, 0.2) is 5.75 Å². The number of aryl methyl sites for hydroxylation is 2. The summed E-state index contributed by atoms with van der Waals surface area (Å²) in [6.45, 7) is 9.26. The molecule has 264 valence electrons. The number of nitrogens with one attached hydrogen (secondary N) is 1. The number of hydrogen-bond acceptors (Lipinski definition) is 5. The predicted octanol–water partition coefficient (Wildman–Crippen LogP) is 7.52. The lowest BCUT2D eigenvalue weighted by atomic mass is 9.97. The summed E-state index contributed by atoms with van der Waals surface area (Å²) < 4.78 is 45.7. The number of benzene rings is 4. The van der Waals surface area contributed by atoms with Crippen LogP contribution in [0.4, 0.5) is 18.9 Å². The molecule has 0 spiro atoms. The van der Waals surface area contributed by atoms with Gasteiger partial charge in [-0.3, -0.25) is 14.5 Å². The van der Waals surface area contributed by atoms with Crippen LogP contribution in [0.15, 0.2) is 84.9 Å². The van der Waals surface area contributed by atoms with Gasteiger partial charge in [-0.2, -0.15) is 13.2 Å². The van der Waals surface area contributed by atoms with Gasteiger partial charge in [-0.05, 0) is 79.9 Å². The lowest BCUT2D eigenvalue weighted by molar-refractivity contribution is -0.137. The molecule has 5 rings (SSSR count). The van der Waals surface area contributed by atoms with Gasteiger partial charge in [0.1, 0.15) is 6.10 Å². The van der Waals surface area contributed by atoms with Gasteiger partial charge in [-0.25, -0.2) is 0 Å². The third-order valence-electron chi connectivity index (χ3n) is 9.20. The smallest absolute Gasteiger partial charge is 0.416 e. The van der Waals surface area contributed by atoms with Crippen LogP contribution in [0.3, 0.4) is 0 Å².